The Bertz CT molecular complexity index is 868. The molecule has 7 nitrogen and oxygen atoms in total. The lowest BCUT2D eigenvalue weighted by atomic mass is 10.2. The summed E-state index contributed by atoms with van der Waals surface area (Å²) >= 11 is 0. The second-order valence-electron chi connectivity index (χ2n) is 4.58. The monoisotopic (exact) mass is 290 g/mol. The van der Waals surface area contributed by atoms with Crippen molar-refractivity contribution in [3.8, 4) is 28.5 Å². The second kappa shape index (κ2) is 5.21. The van der Waals surface area contributed by atoms with E-state index in [1.807, 2.05) is 41.0 Å². The summed E-state index contributed by atoms with van der Waals surface area (Å²) in [7, 11) is 0. The molecule has 106 valence electrons. The van der Waals surface area contributed by atoms with Crippen LogP contribution in [0.5, 0.6) is 0 Å². The van der Waals surface area contributed by atoms with Crippen molar-refractivity contribution in [2.45, 2.75) is 0 Å². The number of nitrogens with zero attached hydrogens (tertiary/aromatic N) is 6. The van der Waals surface area contributed by atoms with Crippen molar-refractivity contribution < 1.29 is 4.52 Å². The SMILES string of the molecule is c1cc(-c2noc(-c3ccc(-n4cnnc4)cc3)n2)ccn1. The topological polar surface area (TPSA) is 82.5 Å². The fraction of sp³-hybridized carbons (Fsp3) is 0. The van der Waals surface area contributed by atoms with E-state index in [2.05, 4.69) is 25.3 Å². The van der Waals surface area contributed by atoms with Gasteiger partial charge in [0.05, 0.1) is 0 Å². The molecule has 22 heavy (non-hydrogen) atoms. The molecule has 0 atom stereocenters. The lowest BCUT2D eigenvalue weighted by Crippen LogP contribution is -1.89. The van der Waals surface area contributed by atoms with Crippen LogP contribution < -0.4 is 0 Å². The number of hydrogen-bond acceptors (Lipinski definition) is 6. The smallest absolute Gasteiger partial charge is 0.258 e. The van der Waals surface area contributed by atoms with Crippen molar-refractivity contribution in [2.24, 2.45) is 0 Å². The molecule has 0 amide bonds. The summed E-state index contributed by atoms with van der Waals surface area (Å²) in [5.74, 6) is 1.02. The van der Waals surface area contributed by atoms with E-state index in [0.717, 1.165) is 16.8 Å². The van der Waals surface area contributed by atoms with Crippen LogP contribution in [0.3, 0.4) is 0 Å². The maximum absolute atomic E-state index is 5.32. The van der Waals surface area contributed by atoms with Gasteiger partial charge in [-0.2, -0.15) is 4.98 Å². The molecular formula is C15H10N6O. The Morgan fingerprint density at radius 3 is 2.27 bits per heavy atom. The van der Waals surface area contributed by atoms with Crippen molar-refractivity contribution in [1.29, 1.82) is 0 Å². The van der Waals surface area contributed by atoms with Gasteiger partial charge < -0.3 is 4.52 Å². The summed E-state index contributed by atoms with van der Waals surface area (Å²) in [5.41, 5.74) is 2.68. The van der Waals surface area contributed by atoms with Gasteiger partial charge in [0.1, 0.15) is 12.7 Å². The molecule has 0 saturated carbocycles. The minimum absolute atomic E-state index is 0.474. The van der Waals surface area contributed by atoms with Gasteiger partial charge in [0.2, 0.25) is 5.82 Å². The van der Waals surface area contributed by atoms with Crippen LogP contribution in [-0.4, -0.2) is 29.9 Å². The Morgan fingerprint density at radius 1 is 0.818 bits per heavy atom. The minimum Gasteiger partial charge on any atom is -0.334 e. The van der Waals surface area contributed by atoms with Gasteiger partial charge in [0.15, 0.2) is 0 Å². The lowest BCUT2D eigenvalue weighted by molar-refractivity contribution is 0.432. The molecule has 3 aromatic heterocycles. The maximum Gasteiger partial charge on any atom is 0.258 e. The molecule has 1 aromatic carbocycles. The standard InChI is InChI=1S/C15H10N6O/c1-3-13(21-9-17-18-10-21)4-2-12(1)15-19-14(20-22-15)11-5-7-16-8-6-11/h1-10H. The normalized spacial score (nSPS) is 10.7. The van der Waals surface area contributed by atoms with Crippen molar-refractivity contribution in [3.05, 3.63) is 61.4 Å². The first-order valence-electron chi connectivity index (χ1n) is 6.60. The Labute approximate surface area is 125 Å². The van der Waals surface area contributed by atoms with Crippen LogP contribution >= 0.6 is 0 Å². The highest BCUT2D eigenvalue weighted by Gasteiger charge is 2.10. The molecule has 0 fully saturated rings. The lowest BCUT2D eigenvalue weighted by Gasteiger charge is -2.00. The molecule has 0 aliphatic heterocycles. The van der Waals surface area contributed by atoms with E-state index >= 15 is 0 Å². The highest BCUT2D eigenvalue weighted by molar-refractivity contribution is 5.60. The van der Waals surface area contributed by atoms with Gasteiger partial charge in [0.25, 0.3) is 5.89 Å². The third kappa shape index (κ3) is 2.24. The van der Waals surface area contributed by atoms with E-state index in [4.69, 9.17) is 4.52 Å². The Balaban J connectivity index is 1.64. The molecule has 0 saturated heterocycles. The summed E-state index contributed by atoms with van der Waals surface area (Å²) in [6.07, 6.45) is 6.67. The quantitative estimate of drug-likeness (QED) is 0.576. The summed E-state index contributed by atoms with van der Waals surface area (Å²) in [6.45, 7) is 0. The molecule has 0 aliphatic carbocycles. The molecule has 0 radical (unpaired) electrons. The molecule has 3 heterocycles. The molecular weight excluding hydrogens is 280 g/mol. The van der Waals surface area contributed by atoms with Crippen LogP contribution in [0.2, 0.25) is 0 Å². The highest BCUT2D eigenvalue weighted by atomic mass is 16.5. The highest BCUT2D eigenvalue weighted by Crippen LogP contribution is 2.22. The number of hydrogen-bond donors (Lipinski definition) is 0. The zero-order valence-corrected chi connectivity index (χ0v) is 11.4. The van der Waals surface area contributed by atoms with Gasteiger partial charge in [-0.15, -0.1) is 10.2 Å². The first-order valence-corrected chi connectivity index (χ1v) is 6.60. The summed E-state index contributed by atoms with van der Waals surface area (Å²) in [6, 6.07) is 11.4. The van der Waals surface area contributed by atoms with E-state index < -0.39 is 0 Å². The van der Waals surface area contributed by atoms with E-state index in [1.54, 1.807) is 25.0 Å². The zero-order valence-electron chi connectivity index (χ0n) is 11.4. The van der Waals surface area contributed by atoms with Crippen molar-refractivity contribution in [3.63, 3.8) is 0 Å². The van der Waals surface area contributed by atoms with Crippen LogP contribution in [0.25, 0.3) is 28.5 Å². The van der Waals surface area contributed by atoms with Crippen molar-refractivity contribution in [2.75, 3.05) is 0 Å². The fourth-order valence-corrected chi connectivity index (χ4v) is 2.07. The van der Waals surface area contributed by atoms with Gasteiger partial charge in [-0.05, 0) is 36.4 Å². The maximum atomic E-state index is 5.32. The van der Waals surface area contributed by atoms with E-state index in [9.17, 15) is 0 Å². The molecule has 0 unspecified atom stereocenters. The van der Waals surface area contributed by atoms with Gasteiger partial charge in [-0.25, -0.2) is 0 Å². The average molecular weight is 290 g/mol. The van der Waals surface area contributed by atoms with Gasteiger partial charge in [-0.1, -0.05) is 5.16 Å². The molecule has 4 rings (SSSR count). The Kier molecular flexibility index (Phi) is 2.93. The van der Waals surface area contributed by atoms with Gasteiger partial charge in [0, 0.05) is 29.2 Å². The van der Waals surface area contributed by atoms with E-state index in [0.29, 0.717) is 11.7 Å². The number of pyridine rings is 1. The predicted molar refractivity (Wildman–Crippen MR) is 77.9 cm³/mol. The number of aromatic nitrogens is 6. The molecule has 0 N–H and O–H groups in total. The predicted octanol–water partition coefficient (Wildman–Crippen LogP) is 2.38. The van der Waals surface area contributed by atoms with Crippen LogP contribution in [-0.2, 0) is 0 Å². The summed E-state index contributed by atoms with van der Waals surface area (Å²) in [4.78, 5) is 8.38. The first kappa shape index (κ1) is 12.4. The van der Waals surface area contributed by atoms with E-state index in [-0.39, 0.29) is 0 Å². The van der Waals surface area contributed by atoms with Crippen molar-refractivity contribution >= 4 is 0 Å². The largest absolute Gasteiger partial charge is 0.334 e. The average Bonchev–Trinajstić information content (AvgIpc) is 3.28. The van der Waals surface area contributed by atoms with Crippen LogP contribution in [0.15, 0.2) is 66.0 Å². The Hall–Kier alpha value is -3.35. The third-order valence-corrected chi connectivity index (χ3v) is 3.20. The van der Waals surface area contributed by atoms with Crippen LogP contribution in [0.4, 0.5) is 0 Å². The van der Waals surface area contributed by atoms with Gasteiger partial charge in [-0.3, -0.25) is 9.55 Å². The van der Waals surface area contributed by atoms with Crippen LogP contribution in [0.1, 0.15) is 0 Å². The number of benzene rings is 1. The third-order valence-electron chi connectivity index (χ3n) is 3.20. The zero-order chi connectivity index (χ0) is 14.8. The van der Waals surface area contributed by atoms with Crippen molar-refractivity contribution in [1.82, 2.24) is 29.9 Å². The van der Waals surface area contributed by atoms with Gasteiger partial charge >= 0.3 is 0 Å². The second-order valence-corrected chi connectivity index (χ2v) is 4.58. The summed E-state index contributed by atoms with van der Waals surface area (Å²) < 4.78 is 7.14. The summed E-state index contributed by atoms with van der Waals surface area (Å²) in [5, 5.41) is 11.6. The molecule has 0 spiro atoms. The molecule has 4 aromatic rings. The minimum atomic E-state index is 0.474. The number of rotatable bonds is 3. The fourth-order valence-electron chi connectivity index (χ4n) is 2.07. The van der Waals surface area contributed by atoms with Crippen LogP contribution in [0, 0.1) is 0 Å². The molecule has 0 aliphatic rings. The first-order chi connectivity index (χ1) is 10.9. The molecule has 7 heteroatoms. The Morgan fingerprint density at radius 2 is 1.55 bits per heavy atom. The molecule has 0 bridgehead atoms. The van der Waals surface area contributed by atoms with E-state index in [1.165, 1.54) is 0 Å².